The molecule has 11 nitrogen and oxygen atoms in total. The topological polar surface area (TPSA) is 118 Å². The van der Waals surface area contributed by atoms with Crippen molar-refractivity contribution in [1.29, 1.82) is 0 Å². The highest BCUT2D eigenvalue weighted by Crippen LogP contribution is 2.54. The molecule has 1 fully saturated rings. The normalized spacial score (nSPS) is 18.7. The molecule has 48 heavy (non-hydrogen) atoms. The van der Waals surface area contributed by atoms with Crippen LogP contribution < -0.4 is 10.9 Å². The number of fused-ring (bicyclic) bond motifs is 1. The molecular weight excluding hydrogens is 649 g/mol. The second-order valence-corrected chi connectivity index (χ2v) is 15.7. The molecule has 0 radical (unpaired) electrons. The van der Waals surface area contributed by atoms with Crippen molar-refractivity contribution < 1.29 is 13.8 Å². The predicted octanol–water partition coefficient (Wildman–Crippen LogP) is 6.30. The zero-order chi connectivity index (χ0) is 33.9. The largest absolute Gasteiger partial charge is 0.362 e. The third kappa shape index (κ3) is 6.72. The molecule has 0 aliphatic carbocycles. The lowest BCUT2D eigenvalue weighted by atomic mass is 9.75. The first kappa shape index (κ1) is 34.0. The van der Waals surface area contributed by atoms with Gasteiger partial charge in [0.15, 0.2) is 17.4 Å². The summed E-state index contributed by atoms with van der Waals surface area (Å²) in [7, 11) is 3.21. The monoisotopic (exact) mass is 689 g/mol. The average molecular weight is 690 g/mol. The number of anilines is 1. The maximum Gasteiger partial charge on any atom is 0.362 e. The Kier molecular flexibility index (Phi) is 10.2. The SMILES string of the molecule is CC(C)CNc1nc2nc[nH]c2c(=O)n1[C@H]1CN(C(c2ccccc2)(c2ccccc2)c2ccccc2)C[C@@H](COP(=O)(Cl)N(C)C)O1. The van der Waals surface area contributed by atoms with E-state index in [1.165, 1.54) is 11.0 Å². The molecule has 1 aliphatic rings. The van der Waals surface area contributed by atoms with E-state index in [0.29, 0.717) is 31.2 Å². The molecular formula is C35H41ClN7O4P. The van der Waals surface area contributed by atoms with Gasteiger partial charge in [0.25, 0.3) is 5.56 Å². The van der Waals surface area contributed by atoms with Crippen LogP contribution in [-0.4, -0.2) is 75.5 Å². The number of imidazole rings is 1. The zero-order valence-electron chi connectivity index (χ0n) is 27.5. The minimum Gasteiger partial charge on any atom is -0.355 e. The number of morpholine rings is 1. The number of hydrogen-bond acceptors (Lipinski definition) is 8. The van der Waals surface area contributed by atoms with Crippen molar-refractivity contribution in [2.45, 2.75) is 31.7 Å². The van der Waals surface area contributed by atoms with Crippen LogP contribution in [-0.2, 0) is 19.4 Å². The van der Waals surface area contributed by atoms with E-state index in [4.69, 9.17) is 25.5 Å². The second kappa shape index (κ2) is 14.3. The number of aromatic nitrogens is 4. The first-order valence-corrected chi connectivity index (χ1v) is 18.5. The molecule has 1 unspecified atom stereocenters. The van der Waals surface area contributed by atoms with Gasteiger partial charge in [0.1, 0.15) is 0 Å². The van der Waals surface area contributed by atoms with Crippen LogP contribution in [0.15, 0.2) is 102 Å². The van der Waals surface area contributed by atoms with Gasteiger partial charge in [-0.15, -0.1) is 0 Å². The van der Waals surface area contributed by atoms with Gasteiger partial charge in [-0.05, 0) is 47.9 Å². The maximum atomic E-state index is 14.2. The van der Waals surface area contributed by atoms with Crippen LogP contribution in [0.3, 0.4) is 0 Å². The summed E-state index contributed by atoms with van der Waals surface area (Å²) in [5.41, 5.74) is 2.55. The van der Waals surface area contributed by atoms with E-state index in [0.717, 1.165) is 16.7 Å². The van der Waals surface area contributed by atoms with Crippen molar-refractivity contribution in [1.82, 2.24) is 29.1 Å². The number of benzene rings is 3. The Labute approximate surface area is 285 Å². The smallest absolute Gasteiger partial charge is 0.355 e. The van der Waals surface area contributed by atoms with Gasteiger partial charge in [0, 0.05) is 19.6 Å². The second-order valence-electron chi connectivity index (χ2n) is 12.5. The molecule has 252 valence electrons. The molecule has 0 saturated carbocycles. The fourth-order valence-corrected chi connectivity index (χ4v) is 7.04. The number of aromatic amines is 1. The van der Waals surface area contributed by atoms with Crippen molar-refractivity contribution in [3.63, 3.8) is 0 Å². The third-order valence-electron chi connectivity index (χ3n) is 8.54. The summed E-state index contributed by atoms with van der Waals surface area (Å²) < 4.78 is 28.6. The van der Waals surface area contributed by atoms with Gasteiger partial charge in [-0.2, -0.15) is 4.98 Å². The standard InChI is InChI=1S/C35H41ClN7O4P/c1-25(2)20-37-34-40-32-31(38-24-39-32)33(44)43(34)30-22-42(21-29(47-30)23-46-48(36,45)41(3)4)35(26-14-8-5-9-15-26,27-16-10-6-11-17-27)28-18-12-7-13-19-28/h5-19,24-25,29-30H,20-23H2,1-4H3,(H,37,40)(H,38,39)/t29-,30+,48?/m0/s1. The quantitative estimate of drug-likeness (QED) is 0.115. The Morgan fingerprint density at radius 2 is 1.56 bits per heavy atom. The molecule has 13 heteroatoms. The predicted molar refractivity (Wildman–Crippen MR) is 189 cm³/mol. The number of H-pyrrole nitrogens is 1. The third-order valence-corrected chi connectivity index (χ3v) is 11.2. The molecule has 0 amide bonds. The van der Waals surface area contributed by atoms with Gasteiger partial charge in [0.05, 0.1) is 24.6 Å². The lowest BCUT2D eigenvalue weighted by Crippen LogP contribution is -2.58. The summed E-state index contributed by atoms with van der Waals surface area (Å²) in [6.45, 7) is 1.69. The highest BCUT2D eigenvalue weighted by atomic mass is 35.7. The van der Waals surface area contributed by atoms with Crippen LogP contribution in [0, 0.1) is 5.92 Å². The highest BCUT2D eigenvalue weighted by molar-refractivity contribution is 7.83. The minimum absolute atomic E-state index is 0.0797. The highest BCUT2D eigenvalue weighted by Gasteiger charge is 2.47. The number of nitrogens with one attached hydrogen (secondary N) is 2. The van der Waals surface area contributed by atoms with Crippen LogP contribution in [0.4, 0.5) is 5.95 Å². The van der Waals surface area contributed by atoms with Crippen LogP contribution in [0.5, 0.6) is 0 Å². The summed E-state index contributed by atoms with van der Waals surface area (Å²) in [6.07, 6.45) is -0.0157. The molecule has 3 atom stereocenters. The summed E-state index contributed by atoms with van der Waals surface area (Å²) in [5, 5.41) is 3.36. The van der Waals surface area contributed by atoms with Gasteiger partial charge < -0.3 is 19.6 Å². The number of hydrogen-bond donors (Lipinski definition) is 2. The van der Waals surface area contributed by atoms with Crippen molar-refractivity contribution in [3.8, 4) is 0 Å². The van der Waals surface area contributed by atoms with Gasteiger partial charge in [0.2, 0.25) is 5.95 Å². The van der Waals surface area contributed by atoms with Gasteiger partial charge >= 0.3 is 6.87 Å². The summed E-state index contributed by atoms with van der Waals surface area (Å²) >= 11 is 6.34. The van der Waals surface area contributed by atoms with Crippen molar-refractivity contribution in [3.05, 3.63) is 124 Å². The van der Waals surface area contributed by atoms with E-state index in [1.54, 1.807) is 18.7 Å². The molecule has 2 aromatic heterocycles. The van der Waals surface area contributed by atoms with Gasteiger partial charge in [-0.25, -0.2) is 14.2 Å². The number of halogens is 1. The van der Waals surface area contributed by atoms with Crippen molar-refractivity contribution in [2.24, 2.45) is 5.92 Å². The molecule has 2 N–H and O–H groups in total. The summed E-state index contributed by atoms with van der Waals surface area (Å²) in [4.78, 5) is 28.5. The molecule has 0 spiro atoms. The van der Waals surface area contributed by atoms with Crippen LogP contribution in [0.2, 0.25) is 0 Å². The average Bonchev–Trinajstić information content (AvgIpc) is 3.57. The Hall–Kier alpha value is -3.83. The molecule has 0 bridgehead atoms. The van der Waals surface area contributed by atoms with E-state index < -0.39 is 24.7 Å². The Morgan fingerprint density at radius 1 is 1.00 bits per heavy atom. The Balaban J connectivity index is 1.56. The van der Waals surface area contributed by atoms with Crippen LogP contribution >= 0.6 is 18.1 Å². The fourth-order valence-electron chi connectivity index (χ4n) is 6.29. The molecule has 5 aromatic rings. The molecule has 6 rings (SSSR count). The minimum atomic E-state index is -3.62. The number of nitrogens with zero attached hydrogens (tertiary/aromatic N) is 5. The Bertz CT molecular complexity index is 1820. The lowest BCUT2D eigenvalue weighted by Gasteiger charge is -2.50. The van der Waals surface area contributed by atoms with E-state index >= 15 is 0 Å². The molecule has 3 heterocycles. The zero-order valence-corrected chi connectivity index (χ0v) is 29.1. The maximum absolute atomic E-state index is 14.2. The van der Waals surface area contributed by atoms with Crippen molar-refractivity contribution >= 4 is 35.2 Å². The van der Waals surface area contributed by atoms with Gasteiger partial charge in [-0.3, -0.25) is 14.3 Å². The van der Waals surface area contributed by atoms with E-state index in [-0.39, 0.29) is 23.6 Å². The summed E-state index contributed by atoms with van der Waals surface area (Å²) in [6, 6.07) is 30.9. The molecule has 3 aromatic carbocycles. The van der Waals surface area contributed by atoms with E-state index in [1.807, 2.05) is 54.6 Å². The first-order valence-electron chi connectivity index (χ1n) is 16.0. The first-order chi connectivity index (χ1) is 23.1. The van der Waals surface area contributed by atoms with E-state index in [2.05, 4.69) is 70.4 Å². The number of ether oxygens (including phenoxy) is 1. The van der Waals surface area contributed by atoms with Crippen molar-refractivity contribution in [2.75, 3.05) is 45.7 Å². The summed E-state index contributed by atoms with van der Waals surface area (Å²) in [5.74, 6) is 0.627. The number of rotatable bonds is 12. The Morgan fingerprint density at radius 3 is 2.08 bits per heavy atom. The molecule has 1 aliphatic heterocycles. The van der Waals surface area contributed by atoms with Crippen LogP contribution in [0.25, 0.3) is 11.2 Å². The lowest BCUT2D eigenvalue weighted by molar-refractivity contribution is -0.147. The van der Waals surface area contributed by atoms with E-state index in [9.17, 15) is 9.36 Å². The molecule has 1 saturated heterocycles. The van der Waals surface area contributed by atoms with Gasteiger partial charge in [-0.1, -0.05) is 105 Å². The fraction of sp³-hybridized carbons (Fsp3) is 0.343. The van der Waals surface area contributed by atoms with Crippen LogP contribution in [0.1, 0.15) is 36.8 Å².